The van der Waals surface area contributed by atoms with Gasteiger partial charge < -0.3 is 0 Å². The fraction of sp³-hybridized carbons (Fsp3) is 0.647. The zero-order valence-electron chi connectivity index (χ0n) is 13.2. The molecule has 1 saturated heterocycles. The van der Waals surface area contributed by atoms with Crippen LogP contribution in [0.3, 0.4) is 0 Å². The number of rotatable bonds is 5. The number of likely N-dealkylation sites (tertiary alicyclic amines) is 1. The number of benzene rings is 1. The molecule has 3 N–H and O–H groups in total. The molecule has 1 unspecified atom stereocenters. The molecule has 1 aliphatic heterocycles. The van der Waals surface area contributed by atoms with Crippen molar-refractivity contribution in [3.8, 4) is 0 Å². The van der Waals surface area contributed by atoms with Crippen molar-refractivity contribution < 1.29 is 0 Å². The van der Waals surface area contributed by atoms with E-state index in [2.05, 4.69) is 30.2 Å². The molecule has 4 heteroatoms. The highest BCUT2D eigenvalue weighted by Gasteiger charge is 2.35. The van der Waals surface area contributed by atoms with Crippen LogP contribution in [-0.2, 0) is 6.42 Å². The first-order valence-electron chi connectivity index (χ1n) is 7.99. The molecule has 0 bridgehead atoms. The van der Waals surface area contributed by atoms with Gasteiger partial charge in [-0.2, -0.15) is 0 Å². The van der Waals surface area contributed by atoms with Crippen LogP contribution >= 0.6 is 11.6 Å². The van der Waals surface area contributed by atoms with E-state index < -0.39 is 0 Å². The lowest BCUT2D eigenvalue weighted by atomic mass is 9.87. The third kappa shape index (κ3) is 4.43. The Morgan fingerprint density at radius 3 is 2.48 bits per heavy atom. The molecule has 0 radical (unpaired) electrons. The number of nitrogens with one attached hydrogen (secondary N) is 1. The van der Waals surface area contributed by atoms with Gasteiger partial charge in [-0.1, -0.05) is 36.6 Å². The van der Waals surface area contributed by atoms with Crippen LogP contribution in [0.1, 0.15) is 45.1 Å². The van der Waals surface area contributed by atoms with E-state index in [-0.39, 0.29) is 11.6 Å². The maximum atomic E-state index is 6.09. The number of halogens is 1. The first-order chi connectivity index (χ1) is 10.0. The van der Waals surface area contributed by atoms with Crippen molar-refractivity contribution in [2.75, 3.05) is 13.1 Å². The minimum atomic E-state index is 0.0292. The average molecular weight is 310 g/mol. The lowest BCUT2D eigenvalue weighted by molar-refractivity contribution is 0.0835. The van der Waals surface area contributed by atoms with Crippen LogP contribution in [0.15, 0.2) is 24.3 Å². The molecule has 1 aromatic rings. The quantitative estimate of drug-likeness (QED) is 0.647. The monoisotopic (exact) mass is 309 g/mol. The first kappa shape index (κ1) is 16.8. The third-order valence-electron chi connectivity index (χ3n) is 4.80. The Kier molecular flexibility index (Phi) is 6.06. The first-order valence-corrected chi connectivity index (χ1v) is 8.37. The van der Waals surface area contributed by atoms with E-state index in [0.717, 1.165) is 11.4 Å². The van der Waals surface area contributed by atoms with Crippen LogP contribution in [0.5, 0.6) is 0 Å². The highest BCUT2D eigenvalue weighted by molar-refractivity contribution is 6.30. The molecule has 1 aromatic carbocycles. The molecule has 0 spiro atoms. The SMILES string of the molecule is CC(C)(C(Cc1cccc(Cl)c1)NN)N1CCCCCC1. The van der Waals surface area contributed by atoms with Gasteiger partial charge >= 0.3 is 0 Å². The molecular weight excluding hydrogens is 282 g/mol. The summed E-state index contributed by atoms with van der Waals surface area (Å²) in [6.07, 6.45) is 6.17. The normalized spacial score (nSPS) is 19.2. The second kappa shape index (κ2) is 7.59. The largest absolute Gasteiger partial charge is 0.297 e. The van der Waals surface area contributed by atoms with Crippen molar-refractivity contribution in [1.82, 2.24) is 10.3 Å². The predicted octanol–water partition coefficient (Wildman–Crippen LogP) is 3.37. The van der Waals surface area contributed by atoms with E-state index in [1.807, 2.05) is 18.2 Å². The highest BCUT2D eigenvalue weighted by Crippen LogP contribution is 2.25. The number of hydrazine groups is 1. The van der Waals surface area contributed by atoms with Crippen LogP contribution in [-0.4, -0.2) is 29.6 Å². The van der Waals surface area contributed by atoms with E-state index in [1.165, 1.54) is 44.3 Å². The molecule has 0 amide bonds. The standard InChI is InChI=1S/C17H28ClN3/c1-17(2,21-10-5-3-4-6-11-21)16(20-19)13-14-8-7-9-15(18)12-14/h7-9,12,16,20H,3-6,10-11,13,19H2,1-2H3. The van der Waals surface area contributed by atoms with E-state index in [9.17, 15) is 0 Å². The van der Waals surface area contributed by atoms with Gasteiger partial charge in [-0.3, -0.25) is 16.2 Å². The van der Waals surface area contributed by atoms with Gasteiger partial charge in [0.2, 0.25) is 0 Å². The van der Waals surface area contributed by atoms with Crippen LogP contribution in [0.2, 0.25) is 5.02 Å². The fourth-order valence-electron chi connectivity index (χ4n) is 3.28. The van der Waals surface area contributed by atoms with Gasteiger partial charge in [0, 0.05) is 16.6 Å². The molecule has 21 heavy (non-hydrogen) atoms. The summed E-state index contributed by atoms with van der Waals surface area (Å²) in [5, 5.41) is 0.788. The van der Waals surface area contributed by atoms with Gasteiger partial charge in [-0.05, 0) is 63.9 Å². The number of hydrogen-bond acceptors (Lipinski definition) is 3. The zero-order valence-corrected chi connectivity index (χ0v) is 14.0. The Balaban J connectivity index is 2.10. The van der Waals surface area contributed by atoms with E-state index >= 15 is 0 Å². The van der Waals surface area contributed by atoms with Crippen molar-refractivity contribution in [2.24, 2.45) is 5.84 Å². The molecule has 3 nitrogen and oxygen atoms in total. The Morgan fingerprint density at radius 1 is 1.24 bits per heavy atom. The molecule has 2 rings (SSSR count). The van der Waals surface area contributed by atoms with Gasteiger partial charge in [-0.15, -0.1) is 0 Å². The summed E-state index contributed by atoms with van der Waals surface area (Å²) in [7, 11) is 0. The van der Waals surface area contributed by atoms with Crippen LogP contribution in [0, 0.1) is 0 Å². The average Bonchev–Trinajstić information content (AvgIpc) is 2.74. The van der Waals surface area contributed by atoms with Gasteiger partial charge in [0.1, 0.15) is 0 Å². The molecule has 1 fully saturated rings. The van der Waals surface area contributed by atoms with Crippen LogP contribution in [0.25, 0.3) is 0 Å². The number of hydrogen-bond donors (Lipinski definition) is 2. The summed E-state index contributed by atoms with van der Waals surface area (Å²) in [6.45, 7) is 6.93. The van der Waals surface area contributed by atoms with Crippen molar-refractivity contribution in [3.05, 3.63) is 34.9 Å². The Hall–Kier alpha value is -0.610. The van der Waals surface area contributed by atoms with Crippen LogP contribution < -0.4 is 11.3 Å². The summed E-state index contributed by atoms with van der Waals surface area (Å²) in [4.78, 5) is 2.59. The maximum Gasteiger partial charge on any atom is 0.0429 e. The summed E-state index contributed by atoms with van der Waals surface area (Å²) < 4.78 is 0. The summed E-state index contributed by atoms with van der Waals surface area (Å²) >= 11 is 6.09. The van der Waals surface area contributed by atoms with Gasteiger partial charge in [-0.25, -0.2) is 0 Å². The van der Waals surface area contributed by atoms with Crippen molar-refractivity contribution >= 4 is 11.6 Å². The number of nitrogens with zero attached hydrogens (tertiary/aromatic N) is 1. The fourth-order valence-corrected chi connectivity index (χ4v) is 3.49. The highest BCUT2D eigenvalue weighted by atomic mass is 35.5. The minimum Gasteiger partial charge on any atom is -0.297 e. The smallest absolute Gasteiger partial charge is 0.0429 e. The molecule has 0 aromatic heterocycles. The second-order valence-corrected chi connectivity index (χ2v) is 7.04. The van der Waals surface area contributed by atoms with Crippen LogP contribution in [0.4, 0.5) is 0 Å². The molecular formula is C17H28ClN3. The third-order valence-corrected chi connectivity index (χ3v) is 5.04. The topological polar surface area (TPSA) is 41.3 Å². The second-order valence-electron chi connectivity index (χ2n) is 6.61. The molecule has 1 atom stereocenters. The van der Waals surface area contributed by atoms with Gasteiger partial charge in [0.25, 0.3) is 0 Å². The molecule has 0 saturated carbocycles. The summed E-state index contributed by atoms with van der Waals surface area (Å²) in [5.74, 6) is 5.88. The molecule has 1 heterocycles. The summed E-state index contributed by atoms with van der Waals surface area (Å²) in [5.41, 5.74) is 4.30. The van der Waals surface area contributed by atoms with E-state index in [0.29, 0.717) is 0 Å². The van der Waals surface area contributed by atoms with Crippen molar-refractivity contribution in [2.45, 2.75) is 57.5 Å². The molecule has 118 valence electrons. The summed E-state index contributed by atoms with van der Waals surface area (Å²) in [6, 6.07) is 8.27. The minimum absolute atomic E-state index is 0.0292. The van der Waals surface area contributed by atoms with E-state index in [4.69, 9.17) is 17.4 Å². The lowest BCUT2D eigenvalue weighted by Crippen LogP contribution is -2.60. The van der Waals surface area contributed by atoms with Crippen molar-refractivity contribution in [3.63, 3.8) is 0 Å². The Bertz CT molecular complexity index is 439. The van der Waals surface area contributed by atoms with Crippen molar-refractivity contribution in [1.29, 1.82) is 0 Å². The van der Waals surface area contributed by atoms with Gasteiger partial charge in [0.05, 0.1) is 0 Å². The zero-order chi connectivity index (χ0) is 15.3. The van der Waals surface area contributed by atoms with Gasteiger partial charge in [0.15, 0.2) is 0 Å². The maximum absolute atomic E-state index is 6.09. The molecule has 1 aliphatic rings. The Morgan fingerprint density at radius 2 is 1.90 bits per heavy atom. The Labute approximate surface area is 133 Å². The predicted molar refractivity (Wildman–Crippen MR) is 90.4 cm³/mol. The number of nitrogens with two attached hydrogens (primary N) is 1. The lowest BCUT2D eigenvalue weighted by Gasteiger charge is -2.43. The van der Waals surface area contributed by atoms with E-state index in [1.54, 1.807) is 0 Å². The molecule has 0 aliphatic carbocycles.